The van der Waals surface area contributed by atoms with Crippen LogP contribution in [0.15, 0.2) is 66.9 Å². The molecule has 0 saturated carbocycles. The van der Waals surface area contributed by atoms with E-state index in [1.165, 1.54) is 0 Å². The van der Waals surface area contributed by atoms with Gasteiger partial charge in [0, 0.05) is 18.7 Å². The molecule has 0 aliphatic heterocycles. The van der Waals surface area contributed by atoms with Crippen molar-refractivity contribution in [1.82, 2.24) is 4.98 Å². The Bertz CT molecular complexity index is 797. The van der Waals surface area contributed by atoms with Crippen molar-refractivity contribution in [2.45, 2.75) is 12.5 Å². The van der Waals surface area contributed by atoms with E-state index in [0.29, 0.717) is 0 Å². The number of nitrogens with zero attached hydrogens (tertiary/aromatic N) is 1. The largest absolute Gasteiger partial charge is 0.376 e. The fourth-order valence-corrected chi connectivity index (χ4v) is 2.58. The van der Waals surface area contributed by atoms with Gasteiger partial charge in [0.05, 0.1) is 23.7 Å². The van der Waals surface area contributed by atoms with Gasteiger partial charge in [0.2, 0.25) is 5.91 Å². The van der Waals surface area contributed by atoms with Crippen LogP contribution in [0.3, 0.4) is 0 Å². The summed E-state index contributed by atoms with van der Waals surface area (Å²) >= 11 is 0. The highest BCUT2D eigenvalue weighted by molar-refractivity contribution is 6.00. The number of ether oxygens (including phenoxy) is 1. The highest BCUT2D eigenvalue weighted by Gasteiger charge is 2.16. The average molecular weight is 306 g/mol. The second-order valence-corrected chi connectivity index (χ2v) is 5.27. The van der Waals surface area contributed by atoms with Crippen LogP contribution in [0.4, 0.5) is 5.69 Å². The van der Waals surface area contributed by atoms with Crippen molar-refractivity contribution in [2.24, 2.45) is 0 Å². The molecule has 0 radical (unpaired) electrons. The maximum atomic E-state index is 12.4. The Kier molecular flexibility index (Phi) is 4.64. The van der Waals surface area contributed by atoms with Gasteiger partial charge in [-0.25, -0.2) is 0 Å². The Hall–Kier alpha value is -2.72. The summed E-state index contributed by atoms with van der Waals surface area (Å²) in [5, 5.41) is 3.93. The van der Waals surface area contributed by atoms with E-state index in [2.05, 4.69) is 10.3 Å². The molecule has 4 heteroatoms. The number of hydrogen-bond donors (Lipinski definition) is 1. The molecule has 1 atom stereocenters. The van der Waals surface area contributed by atoms with E-state index in [9.17, 15) is 4.79 Å². The zero-order valence-corrected chi connectivity index (χ0v) is 12.9. The molecule has 0 aliphatic rings. The standard InChI is InChI=1S/C19H18N2O2/c1-23-17(14-7-3-2-4-8-14)13-18(22)21-16-11-5-9-15-10-6-12-20-19(15)16/h2-12,17H,13H2,1H3,(H,21,22). The molecule has 2 aromatic carbocycles. The van der Waals surface area contributed by atoms with Gasteiger partial charge in [0.25, 0.3) is 0 Å². The summed E-state index contributed by atoms with van der Waals surface area (Å²) in [5.41, 5.74) is 2.49. The number of para-hydroxylation sites is 1. The van der Waals surface area contributed by atoms with Crippen LogP contribution in [0.1, 0.15) is 18.1 Å². The molecule has 0 aliphatic carbocycles. The smallest absolute Gasteiger partial charge is 0.227 e. The van der Waals surface area contributed by atoms with E-state index in [-0.39, 0.29) is 18.4 Å². The van der Waals surface area contributed by atoms with Crippen molar-refractivity contribution in [1.29, 1.82) is 0 Å². The number of methoxy groups -OCH3 is 1. The van der Waals surface area contributed by atoms with Gasteiger partial charge in [-0.3, -0.25) is 9.78 Å². The van der Waals surface area contributed by atoms with Crippen molar-refractivity contribution in [3.05, 3.63) is 72.4 Å². The summed E-state index contributed by atoms with van der Waals surface area (Å²) < 4.78 is 5.46. The lowest BCUT2D eigenvalue weighted by Gasteiger charge is -2.16. The number of benzene rings is 2. The topological polar surface area (TPSA) is 51.2 Å². The van der Waals surface area contributed by atoms with E-state index in [4.69, 9.17) is 4.74 Å². The molecule has 0 fully saturated rings. The van der Waals surface area contributed by atoms with Crippen LogP contribution < -0.4 is 5.32 Å². The molecule has 23 heavy (non-hydrogen) atoms. The highest BCUT2D eigenvalue weighted by atomic mass is 16.5. The van der Waals surface area contributed by atoms with Gasteiger partial charge in [-0.05, 0) is 17.7 Å². The number of amides is 1. The first-order valence-corrected chi connectivity index (χ1v) is 7.49. The number of pyridine rings is 1. The molecule has 1 N–H and O–H groups in total. The third-order valence-corrected chi connectivity index (χ3v) is 3.73. The maximum Gasteiger partial charge on any atom is 0.227 e. The Morgan fingerprint density at radius 1 is 1.09 bits per heavy atom. The Morgan fingerprint density at radius 3 is 2.65 bits per heavy atom. The van der Waals surface area contributed by atoms with E-state index in [0.717, 1.165) is 22.2 Å². The van der Waals surface area contributed by atoms with Gasteiger partial charge in [0.15, 0.2) is 0 Å². The monoisotopic (exact) mass is 306 g/mol. The Labute approximate surface area is 135 Å². The molecule has 0 saturated heterocycles. The number of anilines is 1. The van der Waals surface area contributed by atoms with E-state index in [1.807, 2.05) is 60.7 Å². The Balaban J connectivity index is 1.76. The molecule has 1 aromatic heterocycles. The first kappa shape index (κ1) is 15.2. The van der Waals surface area contributed by atoms with Gasteiger partial charge in [-0.1, -0.05) is 48.5 Å². The number of rotatable bonds is 5. The van der Waals surface area contributed by atoms with E-state index in [1.54, 1.807) is 13.3 Å². The summed E-state index contributed by atoms with van der Waals surface area (Å²) in [4.78, 5) is 16.7. The lowest BCUT2D eigenvalue weighted by molar-refractivity contribution is -0.118. The zero-order chi connectivity index (χ0) is 16.1. The molecule has 3 aromatic rings. The van der Waals surface area contributed by atoms with Crippen molar-refractivity contribution < 1.29 is 9.53 Å². The molecule has 1 heterocycles. The van der Waals surface area contributed by atoms with Gasteiger partial charge >= 0.3 is 0 Å². The predicted molar refractivity (Wildman–Crippen MR) is 91.2 cm³/mol. The van der Waals surface area contributed by atoms with Crippen LogP contribution in [0.2, 0.25) is 0 Å². The predicted octanol–water partition coefficient (Wildman–Crippen LogP) is 3.95. The zero-order valence-electron chi connectivity index (χ0n) is 12.9. The molecule has 116 valence electrons. The normalized spacial score (nSPS) is 12.0. The first-order valence-electron chi connectivity index (χ1n) is 7.49. The van der Waals surface area contributed by atoms with E-state index < -0.39 is 0 Å². The van der Waals surface area contributed by atoms with Crippen molar-refractivity contribution in [3.8, 4) is 0 Å². The fraction of sp³-hybridized carbons (Fsp3) is 0.158. The second-order valence-electron chi connectivity index (χ2n) is 5.27. The van der Waals surface area contributed by atoms with Crippen molar-refractivity contribution >= 4 is 22.5 Å². The third-order valence-electron chi connectivity index (χ3n) is 3.73. The minimum Gasteiger partial charge on any atom is -0.376 e. The molecule has 1 amide bonds. The summed E-state index contributed by atoms with van der Waals surface area (Å²) in [5.74, 6) is -0.0983. The summed E-state index contributed by atoms with van der Waals surface area (Å²) in [6.07, 6.45) is 1.71. The molecular formula is C19H18N2O2. The van der Waals surface area contributed by atoms with Crippen LogP contribution in [-0.2, 0) is 9.53 Å². The first-order chi connectivity index (χ1) is 11.3. The maximum absolute atomic E-state index is 12.4. The van der Waals surface area contributed by atoms with Gasteiger partial charge in [-0.15, -0.1) is 0 Å². The number of carbonyl (C=O) groups excluding carboxylic acids is 1. The van der Waals surface area contributed by atoms with Crippen LogP contribution in [0, 0.1) is 0 Å². The third kappa shape index (κ3) is 3.55. The van der Waals surface area contributed by atoms with Crippen molar-refractivity contribution in [3.63, 3.8) is 0 Å². The van der Waals surface area contributed by atoms with Gasteiger partial charge < -0.3 is 10.1 Å². The number of carbonyl (C=O) groups is 1. The minimum atomic E-state index is -0.265. The van der Waals surface area contributed by atoms with Gasteiger partial charge in [-0.2, -0.15) is 0 Å². The Morgan fingerprint density at radius 2 is 1.87 bits per heavy atom. The van der Waals surface area contributed by atoms with Gasteiger partial charge in [0.1, 0.15) is 0 Å². The number of aromatic nitrogens is 1. The quantitative estimate of drug-likeness (QED) is 0.776. The molecule has 4 nitrogen and oxygen atoms in total. The number of fused-ring (bicyclic) bond motifs is 1. The molecule has 0 bridgehead atoms. The fourth-order valence-electron chi connectivity index (χ4n) is 2.58. The lowest BCUT2D eigenvalue weighted by Crippen LogP contribution is -2.17. The lowest BCUT2D eigenvalue weighted by atomic mass is 10.1. The van der Waals surface area contributed by atoms with Crippen LogP contribution in [0.25, 0.3) is 10.9 Å². The van der Waals surface area contributed by atoms with Crippen molar-refractivity contribution in [2.75, 3.05) is 12.4 Å². The second kappa shape index (κ2) is 7.03. The summed E-state index contributed by atoms with van der Waals surface area (Å²) in [6, 6.07) is 19.3. The number of nitrogens with one attached hydrogen (secondary N) is 1. The molecule has 3 rings (SSSR count). The molecular weight excluding hydrogens is 288 g/mol. The minimum absolute atomic E-state index is 0.0983. The SMILES string of the molecule is COC(CC(=O)Nc1cccc2cccnc12)c1ccccc1. The highest BCUT2D eigenvalue weighted by Crippen LogP contribution is 2.23. The molecule has 1 unspecified atom stereocenters. The van der Waals surface area contributed by atoms with Crippen LogP contribution in [-0.4, -0.2) is 18.0 Å². The summed E-state index contributed by atoms with van der Waals surface area (Å²) in [6.45, 7) is 0. The van der Waals surface area contributed by atoms with Crippen LogP contribution >= 0.6 is 0 Å². The van der Waals surface area contributed by atoms with E-state index >= 15 is 0 Å². The number of hydrogen-bond acceptors (Lipinski definition) is 3. The average Bonchev–Trinajstić information content (AvgIpc) is 2.61. The summed E-state index contributed by atoms with van der Waals surface area (Å²) in [7, 11) is 1.62. The molecule has 0 spiro atoms. The van der Waals surface area contributed by atoms with Crippen LogP contribution in [0.5, 0.6) is 0 Å².